The van der Waals surface area contributed by atoms with Crippen LogP contribution in [-0.4, -0.2) is 10.8 Å². The Hall–Kier alpha value is -1.42. The van der Waals surface area contributed by atoms with E-state index >= 15 is 0 Å². The molecule has 0 radical (unpaired) electrons. The largest absolute Gasteiger partial charge is 0.230 e. The zero-order valence-corrected chi connectivity index (χ0v) is 10.7. The molecule has 18 heavy (non-hydrogen) atoms. The van der Waals surface area contributed by atoms with Crippen LogP contribution in [-0.2, 0) is 10.1 Å². The third-order valence-corrected chi connectivity index (χ3v) is 4.52. The van der Waals surface area contributed by atoms with Crippen molar-refractivity contribution in [3.63, 3.8) is 0 Å². The molecule has 0 heterocycles. The van der Waals surface area contributed by atoms with E-state index in [2.05, 4.69) is 4.36 Å². The Balaban J connectivity index is 2.02. The molecular formula is C14H14FNOS. The molecule has 0 saturated heterocycles. The van der Waals surface area contributed by atoms with Crippen molar-refractivity contribution in [3.8, 4) is 0 Å². The van der Waals surface area contributed by atoms with Gasteiger partial charge in [0.1, 0.15) is 0 Å². The average Bonchev–Trinajstić information content (AvgIpc) is 3.20. The van der Waals surface area contributed by atoms with E-state index in [0.29, 0.717) is 12.5 Å². The highest BCUT2D eigenvalue weighted by Crippen LogP contribution is 2.30. The molecule has 0 unspecified atom stereocenters. The maximum Gasteiger partial charge on any atom is 0.230 e. The number of benzene rings is 2. The second-order valence-electron chi connectivity index (χ2n) is 4.72. The summed E-state index contributed by atoms with van der Waals surface area (Å²) >= 11 is 0. The predicted octanol–water partition coefficient (Wildman–Crippen LogP) is 3.96. The van der Waals surface area contributed by atoms with Crippen LogP contribution in [0.1, 0.15) is 12.8 Å². The summed E-state index contributed by atoms with van der Waals surface area (Å²) in [6.07, 6.45) is 2.16. The van der Waals surface area contributed by atoms with Gasteiger partial charge < -0.3 is 0 Å². The molecule has 1 saturated carbocycles. The molecular weight excluding hydrogens is 249 g/mol. The Kier molecular flexibility index (Phi) is 2.82. The minimum atomic E-state index is -3.73. The summed E-state index contributed by atoms with van der Waals surface area (Å²) in [7, 11) is -3.73. The summed E-state index contributed by atoms with van der Waals surface area (Å²) in [5.74, 6) is 0.446. The monoisotopic (exact) mass is 263 g/mol. The zero-order chi connectivity index (χ0) is 12.6. The summed E-state index contributed by atoms with van der Waals surface area (Å²) in [6.45, 7) is 0.377. The van der Waals surface area contributed by atoms with Crippen LogP contribution in [0.5, 0.6) is 0 Å². The first-order valence-corrected chi connectivity index (χ1v) is 7.48. The smallest absolute Gasteiger partial charge is 0.211 e. The van der Waals surface area contributed by atoms with Crippen LogP contribution in [0.15, 0.2) is 51.7 Å². The van der Waals surface area contributed by atoms with Crippen molar-refractivity contribution in [2.75, 3.05) is 6.54 Å². The van der Waals surface area contributed by atoms with Crippen LogP contribution in [0.2, 0.25) is 0 Å². The lowest BCUT2D eigenvalue weighted by atomic mass is 10.1. The highest BCUT2D eigenvalue weighted by Gasteiger charge is 2.22. The third kappa shape index (κ3) is 2.38. The molecule has 3 rings (SSSR count). The maximum atomic E-state index is 14.1. The highest BCUT2D eigenvalue weighted by molar-refractivity contribution is 7.88. The third-order valence-electron chi connectivity index (χ3n) is 3.21. The standard InChI is InChI=1S/C14H14FNOS/c15-18(17,16-10-11-5-6-11)14-8-7-12-3-1-2-4-13(12)9-14/h1-4,7-9,11H,5-6,10H2/t18-/m1/s1. The summed E-state index contributed by atoms with van der Waals surface area (Å²) < 4.78 is 29.8. The van der Waals surface area contributed by atoms with Gasteiger partial charge in [0, 0.05) is 0 Å². The number of hydrogen-bond donors (Lipinski definition) is 0. The SMILES string of the molecule is O=[S@](F)(=NCC1CC1)c1ccc2ccccc2c1. The van der Waals surface area contributed by atoms with Gasteiger partial charge in [-0.2, -0.15) is 0 Å². The molecule has 1 fully saturated rings. The van der Waals surface area contributed by atoms with Gasteiger partial charge in [0.2, 0.25) is 10.1 Å². The number of hydrogen-bond acceptors (Lipinski definition) is 2. The molecule has 0 N–H and O–H groups in total. The molecule has 1 aliphatic rings. The average molecular weight is 263 g/mol. The minimum absolute atomic E-state index is 0.182. The van der Waals surface area contributed by atoms with E-state index in [-0.39, 0.29) is 4.90 Å². The maximum absolute atomic E-state index is 14.1. The van der Waals surface area contributed by atoms with Gasteiger partial charge in [0.15, 0.2) is 0 Å². The van der Waals surface area contributed by atoms with E-state index in [0.717, 1.165) is 23.6 Å². The fourth-order valence-electron chi connectivity index (χ4n) is 1.90. The van der Waals surface area contributed by atoms with Gasteiger partial charge in [-0.05, 0) is 41.7 Å². The lowest BCUT2D eigenvalue weighted by molar-refractivity contribution is 0.633. The number of fused-ring (bicyclic) bond motifs is 1. The first kappa shape index (κ1) is 11.7. The van der Waals surface area contributed by atoms with Gasteiger partial charge in [-0.15, -0.1) is 3.89 Å². The second kappa shape index (κ2) is 4.35. The normalized spacial score (nSPS) is 18.5. The van der Waals surface area contributed by atoms with E-state index < -0.39 is 10.1 Å². The first-order valence-electron chi connectivity index (χ1n) is 6.06. The Morgan fingerprint density at radius 2 is 1.89 bits per heavy atom. The quantitative estimate of drug-likeness (QED) is 0.771. The van der Waals surface area contributed by atoms with Crippen LogP contribution in [0.4, 0.5) is 3.89 Å². The van der Waals surface area contributed by atoms with Gasteiger partial charge >= 0.3 is 0 Å². The number of halogens is 1. The molecule has 0 bridgehead atoms. The van der Waals surface area contributed by atoms with Gasteiger partial charge in [-0.3, -0.25) is 0 Å². The van der Waals surface area contributed by atoms with Crippen molar-refractivity contribution < 1.29 is 8.09 Å². The molecule has 0 aromatic heterocycles. The van der Waals surface area contributed by atoms with Crippen molar-refractivity contribution in [2.45, 2.75) is 17.7 Å². The van der Waals surface area contributed by atoms with E-state index in [1.807, 2.05) is 24.3 Å². The van der Waals surface area contributed by atoms with Crippen LogP contribution in [0.3, 0.4) is 0 Å². The van der Waals surface area contributed by atoms with E-state index in [9.17, 15) is 8.09 Å². The van der Waals surface area contributed by atoms with Crippen LogP contribution in [0, 0.1) is 5.92 Å². The zero-order valence-electron chi connectivity index (χ0n) is 9.88. The van der Waals surface area contributed by atoms with Crippen LogP contribution < -0.4 is 0 Å². The van der Waals surface area contributed by atoms with E-state index in [1.54, 1.807) is 18.2 Å². The van der Waals surface area contributed by atoms with Crippen molar-refractivity contribution in [1.29, 1.82) is 0 Å². The number of nitrogens with zero attached hydrogens (tertiary/aromatic N) is 1. The molecule has 2 aromatic rings. The molecule has 0 spiro atoms. The summed E-state index contributed by atoms with van der Waals surface area (Å²) in [5.41, 5.74) is 0. The number of rotatable bonds is 3. The summed E-state index contributed by atoms with van der Waals surface area (Å²) in [5, 5.41) is 1.90. The Bertz CT molecular complexity index is 700. The van der Waals surface area contributed by atoms with Crippen molar-refractivity contribution in [3.05, 3.63) is 42.5 Å². The van der Waals surface area contributed by atoms with Gasteiger partial charge in [-0.1, -0.05) is 30.3 Å². The highest BCUT2D eigenvalue weighted by atomic mass is 32.3. The molecule has 1 atom stereocenters. The molecule has 0 aliphatic heterocycles. The molecule has 0 amide bonds. The molecule has 2 aromatic carbocycles. The van der Waals surface area contributed by atoms with Crippen molar-refractivity contribution in [2.24, 2.45) is 10.3 Å². The predicted molar refractivity (Wildman–Crippen MR) is 71.5 cm³/mol. The van der Waals surface area contributed by atoms with Crippen molar-refractivity contribution in [1.82, 2.24) is 0 Å². The molecule has 94 valence electrons. The Labute approximate surface area is 106 Å². The lowest BCUT2D eigenvalue weighted by Crippen LogP contribution is -1.95. The van der Waals surface area contributed by atoms with E-state index in [1.165, 1.54) is 0 Å². The molecule has 4 heteroatoms. The van der Waals surface area contributed by atoms with E-state index in [4.69, 9.17) is 0 Å². The van der Waals surface area contributed by atoms with Crippen LogP contribution >= 0.6 is 0 Å². The van der Waals surface area contributed by atoms with Gasteiger partial charge in [0.05, 0.1) is 11.4 Å². The second-order valence-corrected chi connectivity index (χ2v) is 6.37. The van der Waals surface area contributed by atoms with Crippen molar-refractivity contribution >= 4 is 20.9 Å². The molecule has 2 nitrogen and oxygen atoms in total. The fraction of sp³-hybridized carbons (Fsp3) is 0.286. The van der Waals surface area contributed by atoms with Gasteiger partial charge in [-0.25, -0.2) is 8.57 Å². The van der Waals surface area contributed by atoms with Crippen LogP contribution in [0.25, 0.3) is 10.8 Å². The first-order chi connectivity index (χ1) is 8.65. The summed E-state index contributed by atoms with van der Waals surface area (Å²) in [4.78, 5) is 0.182. The minimum Gasteiger partial charge on any atom is -0.211 e. The topological polar surface area (TPSA) is 29.4 Å². The van der Waals surface area contributed by atoms with Gasteiger partial charge in [0.25, 0.3) is 0 Å². The Morgan fingerprint density at radius 1 is 1.17 bits per heavy atom. The fourth-order valence-corrected chi connectivity index (χ4v) is 2.96. The lowest BCUT2D eigenvalue weighted by Gasteiger charge is -2.03. The summed E-state index contributed by atoms with van der Waals surface area (Å²) in [6, 6.07) is 12.6. The molecule has 1 aliphatic carbocycles. The Morgan fingerprint density at radius 3 is 2.61 bits per heavy atom.